The van der Waals surface area contributed by atoms with Crippen molar-refractivity contribution >= 4 is 0 Å². The summed E-state index contributed by atoms with van der Waals surface area (Å²) in [5.74, 6) is 3.06. The second-order valence-corrected chi connectivity index (χ2v) is 6.75. The molecule has 1 fully saturated rings. The maximum absolute atomic E-state index is 4.48. The van der Waals surface area contributed by atoms with Gasteiger partial charge in [-0.25, -0.2) is 4.98 Å². The summed E-state index contributed by atoms with van der Waals surface area (Å²) >= 11 is 0. The first kappa shape index (κ1) is 16.5. The van der Waals surface area contributed by atoms with Gasteiger partial charge in [0, 0.05) is 31.9 Å². The highest BCUT2D eigenvalue weighted by Gasteiger charge is 2.27. The van der Waals surface area contributed by atoms with Crippen LogP contribution in [0.4, 0.5) is 0 Å². The van der Waals surface area contributed by atoms with Crippen LogP contribution in [-0.4, -0.2) is 22.1 Å². The monoisotopic (exact) mass is 291 g/mol. The quantitative estimate of drug-likeness (QED) is 0.786. The van der Waals surface area contributed by atoms with Gasteiger partial charge in [0.05, 0.1) is 0 Å². The van der Waals surface area contributed by atoms with E-state index in [1.54, 1.807) is 0 Å². The summed E-state index contributed by atoms with van der Waals surface area (Å²) < 4.78 is 2.16. The average Bonchev–Trinajstić information content (AvgIpc) is 2.93. The Labute approximate surface area is 130 Å². The SMILES string of the molecule is CCCNC(CCc1nccn1C)C1CCCC(CC)C1. The van der Waals surface area contributed by atoms with E-state index in [0.717, 1.165) is 24.8 Å². The van der Waals surface area contributed by atoms with Gasteiger partial charge in [-0.2, -0.15) is 0 Å². The minimum absolute atomic E-state index is 0.677. The summed E-state index contributed by atoms with van der Waals surface area (Å²) in [6, 6.07) is 0.677. The summed E-state index contributed by atoms with van der Waals surface area (Å²) in [5, 5.41) is 3.83. The molecule has 0 amide bonds. The van der Waals surface area contributed by atoms with Crippen molar-refractivity contribution in [3.8, 4) is 0 Å². The normalized spacial score (nSPS) is 24.1. The van der Waals surface area contributed by atoms with Crippen LogP contribution in [0, 0.1) is 11.8 Å². The van der Waals surface area contributed by atoms with E-state index in [1.807, 2.05) is 6.20 Å². The van der Waals surface area contributed by atoms with Crippen LogP contribution in [-0.2, 0) is 13.5 Å². The molecule has 1 heterocycles. The van der Waals surface area contributed by atoms with Crippen molar-refractivity contribution in [3.63, 3.8) is 0 Å². The van der Waals surface area contributed by atoms with Crippen molar-refractivity contribution in [3.05, 3.63) is 18.2 Å². The molecule has 1 aliphatic rings. The molecule has 0 aliphatic heterocycles. The van der Waals surface area contributed by atoms with Crippen molar-refractivity contribution in [2.24, 2.45) is 18.9 Å². The third kappa shape index (κ3) is 4.84. The molecule has 1 aliphatic carbocycles. The van der Waals surface area contributed by atoms with E-state index in [1.165, 1.54) is 50.8 Å². The van der Waals surface area contributed by atoms with Crippen LogP contribution in [0.2, 0.25) is 0 Å². The Morgan fingerprint density at radius 1 is 1.38 bits per heavy atom. The number of nitrogens with one attached hydrogen (secondary N) is 1. The van der Waals surface area contributed by atoms with Gasteiger partial charge in [0.1, 0.15) is 5.82 Å². The van der Waals surface area contributed by atoms with Crippen molar-refractivity contribution in [2.45, 2.75) is 71.3 Å². The van der Waals surface area contributed by atoms with Crippen LogP contribution in [0.25, 0.3) is 0 Å². The molecule has 3 unspecified atom stereocenters. The second kappa shape index (κ2) is 8.57. The molecule has 1 aromatic rings. The van der Waals surface area contributed by atoms with Crippen molar-refractivity contribution in [1.29, 1.82) is 0 Å². The molecule has 0 spiro atoms. The molecule has 0 aromatic carbocycles. The standard InChI is InChI=1S/C18H33N3/c1-4-11-19-17(9-10-18-20-12-13-21(18)3)16-8-6-7-15(5-2)14-16/h12-13,15-17,19H,4-11,14H2,1-3H3. The van der Waals surface area contributed by atoms with E-state index in [9.17, 15) is 0 Å². The smallest absolute Gasteiger partial charge is 0.108 e. The van der Waals surface area contributed by atoms with Crippen LogP contribution < -0.4 is 5.32 Å². The lowest BCUT2D eigenvalue weighted by Gasteiger charge is -2.35. The predicted octanol–water partition coefficient (Wildman–Crippen LogP) is 3.94. The predicted molar refractivity (Wildman–Crippen MR) is 89.3 cm³/mol. The van der Waals surface area contributed by atoms with Gasteiger partial charge in [0.2, 0.25) is 0 Å². The number of rotatable bonds is 8. The molecule has 1 aromatic heterocycles. The van der Waals surface area contributed by atoms with E-state index in [2.05, 4.69) is 42.0 Å². The Hall–Kier alpha value is -0.830. The first-order valence-corrected chi connectivity index (χ1v) is 8.94. The molecule has 3 heteroatoms. The van der Waals surface area contributed by atoms with Gasteiger partial charge in [0.15, 0.2) is 0 Å². The molecule has 0 saturated heterocycles. The van der Waals surface area contributed by atoms with Gasteiger partial charge in [0.25, 0.3) is 0 Å². The van der Waals surface area contributed by atoms with Crippen molar-refractivity contribution in [2.75, 3.05) is 6.54 Å². The molecule has 3 atom stereocenters. The third-order valence-corrected chi connectivity index (χ3v) is 5.23. The van der Waals surface area contributed by atoms with Crippen LogP contribution in [0.5, 0.6) is 0 Å². The number of nitrogens with zero attached hydrogens (tertiary/aromatic N) is 2. The summed E-state index contributed by atoms with van der Waals surface area (Å²) in [4.78, 5) is 4.48. The average molecular weight is 291 g/mol. The lowest BCUT2D eigenvalue weighted by Crippen LogP contribution is -2.39. The van der Waals surface area contributed by atoms with Gasteiger partial charge < -0.3 is 9.88 Å². The van der Waals surface area contributed by atoms with Gasteiger partial charge in [-0.1, -0.05) is 33.1 Å². The zero-order valence-electron chi connectivity index (χ0n) is 14.1. The summed E-state index contributed by atoms with van der Waals surface area (Å²) in [7, 11) is 2.10. The molecule has 0 radical (unpaired) electrons. The Morgan fingerprint density at radius 3 is 2.90 bits per heavy atom. The Bertz CT molecular complexity index is 399. The van der Waals surface area contributed by atoms with E-state index in [4.69, 9.17) is 0 Å². The van der Waals surface area contributed by atoms with Crippen molar-refractivity contribution in [1.82, 2.24) is 14.9 Å². The number of hydrogen-bond donors (Lipinski definition) is 1. The minimum atomic E-state index is 0.677. The van der Waals surface area contributed by atoms with E-state index in [0.29, 0.717) is 6.04 Å². The molecule has 1 saturated carbocycles. The number of aromatic nitrogens is 2. The zero-order valence-corrected chi connectivity index (χ0v) is 14.1. The number of hydrogen-bond acceptors (Lipinski definition) is 2. The fourth-order valence-corrected chi connectivity index (χ4v) is 3.82. The third-order valence-electron chi connectivity index (χ3n) is 5.23. The number of imidazole rings is 1. The molecule has 0 bridgehead atoms. The highest BCUT2D eigenvalue weighted by atomic mass is 15.0. The molecule has 2 rings (SSSR count). The Kier molecular flexibility index (Phi) is 6.75. The molecular formula is C18H33N3. The number of aryl methyl sites for hydroxylation is 2. The van der Waals surface area contributed by atoms with Crippen LogP contribution in [0.15, 0.2) is 12.4 Å². The van der Waals surface area contributed by atoms with E-state index in [-0.39, 0.29) is 0 Å². The maximum atomic E-state index is 4.48. The lowest BCUT2D eigenvalue weighted by molar-refractivity contribution is 0.201. The highest BCUT2D eigenvalue weighted by molar-refractivity contribution is 4.93. The Morgan fingerprint density at radius 2 is 2.24 bits per heavy atom. The summed E-state index contributed by atoms with van der Waals surface area (Å²) in [6.07, 6.45) is 14.6. The fourth-order valence-electron chi connectivity index (χ4n) is 3.82. The Balaban J connectivity index is 1.91. The van der Waals surface area contributed by atoms with Crippen LogP contribution in [0.3, 0.4) is 0 Å². The highest BCUT2D eigenvalue weighted by Crippen LogP contribution is 2.34. The van der Waals surface area contributed by atoms with Crippen LogP contribution in [0.1, 0.15) is 64.6 Å². The molecular weight excluding hydrogens is 258 g/mol. The molecule has 120 valence electrons. The van der Waals surface area contributed by atoms with E-state index >= 15 is 0 Å². The minimum Gasteiger partial charge on any atom is -0.338 e. The first-order valence-electron chi connectivity index (χ1n) is 8.94. The lowest BCUT2D eigenvalue weighted by atomic mass is 9.76. The summed E-state index contributed by atoms with van der Waals surface area (Å²) in [5.41, 5.74) is 0. The largest absolute Gasteiger partial charge is 0.338 e. The zero-order chi connectivity index (χ0) is 15.1. The van der Waals surface area contributed by atoms with E-state index < -0.39 is 0 Å². The maximum Gasteiger partial charge on any atom is 0.108 e. The molecule has 1 N–H and O–H groups in total. The van der Waals surface area contributed by atoms with Gasteiger partial charge >= 0.3 is 0 Å². The van der Waals surface area contributed by atoms with Crippen LogP contribution >= 0.6 is 0 Å². The second-order valence-electron chi connectivity index (χ2n) is 6.75. The first-order chi connectivity index (χ1) is 10.2. The molecule has 3 nitrogen and oxygen atoms in total. The van der Waals surface area contributed by atoms with Crippen molar-refractivity contribution < 1.29 is 0 Å². The topological polar surface area (TPSA) is 29.9 Å². The van der Waals surface area contributed by atoms with Gasteiger partial charge in [-0.05, 0) is 44.1 Å². The fraction of sp³-hybridized carbons (Fsp3) is 0.833. The van der Waals surface area contributed by atoms with Gasteiger partial charge in [-0.15, -0.1) is 0 Å². The summed E-state index contributed by atoms with van der Waals surface area (Å²) in [6.45, 7) is 5.77. The molecule has 21 heavy (non-hydrogen) atoms. The van der Waals surface area contributed by atoms with Gasteiger partial charge in [-0.3, -0.25) is 0 Å².